The van der Waals surface area contributed by atoms with Crippen molar-refractivity contribution in [2.24, 2.45) is 0 Å². The van der Waals surface area contributed by atoms with E-state index < -0.39 is 17.8 Å². The summed E-state index contributed by atoms with van der Waals surface area (Å²) in [5.41, 5.74) is 1.38. The Morgan fingerprint density at radius 3 is 1.54 bits per heavy atom. The number of benzene rings is 2. The number of hydrogen-bond acceptors (Lipinski definition) is 7. The summed E-state index contributed by atoms with van der Waals surface area (Å²) in [6.07, 6.45) is -1.21. The third kappa shape index (κ3) is 5.97. The van der Waals surface area contributed by atoms with Crippen LogP contribution in [-0.2, 0) is 9.31 Å². The van der Waals surface area contributed by atoms with Gasteiger partial charge in [-0.05, 0) is 24.3 Å². The van der Waals surface area contributed by atoms with Crippen LogP contribution in [0.3, 0.4) is 0 Å². The summed E-state index contributed by atoms with van der Waals surface area (Å²) in [4.78, 5) is 15.0. The number of rotatable bonds is 8. The molecular weight excluding hydrogens is 372 g/mol. The third-order valence-corrected chi connectivity index (χ3v) is 3.50. The summed E-state index contributed by atoms with van der Waals surface area (Å²) in [7, 11) is 8.34. The summed E-state index contributed by atoms with van der Waals surface area (Å²) in [5, 5.41) is 0. The minimum Gasteiger partial charge on any atom is -0.524 e. The van der Waals surface area contributed by atoms with E-state index in [1.165, 1.54) is 24.3 Å². The van der Waals surface area contributed by atoms with Gasteiger partial charge in [-0.1, -0.05) is 0 Å². The van der Waals surface area contributed by atoms with E-state index in [-0.39, 0.29) is 11.5 Å². The van der Waals surface area contributed by atoms with Crippen LogP contribution in [0.1, 0.15) is 0 Å². The van der Waals surface area contributed by atoms with Gasteiger partial charge in [0.25, 0.3) is 0 Å². The van der Waals surface area contributed by atoms with Crippen LogP contribution in [0.25, 0.3) is 0 Å². The van der Waals surface area contributed by atoms with E-state index in [1.807, 2.05) is 0 Å². The van der Waals surface area contributed by atoms with E-state index in [0.29, 0.717) is 26.7 Å². The molecule has 11 heteroatoms. The number of hydrogen-bond donors (Lipinski definition) is 0. The molecule has 28 heavy (non-hydrogen) atoms. The van der Waals surface area contributed by atoms with Gasteiger partial charge in [-0.3, -0.25) is 0 Å². The molecule has 146 valence electrons. The van der Waals surface area contributed by atoms with E-state index in [0.717, 1.165) is 0 Å². The Bertz CT molecular complexity index is 759. The first-order valence-electron chi connectivity index (χ1n) is 8.05. The van der Waals surface area contributed by atoms with Crippen molar-refractivity contribution < 1.29 is 32.2 Å². The van der Waals surface area contributed by atoms with Crippen LogP contribution in [0.4, 0.5) is 25.0 Å². The molecule has 7 nitrogen and oxygen atoms in total. The van der Waals surface area contributed by atoms with Gasteiger partial charge in [-0.25, -0.2) is 13.6 Å². The minimum atomic E-state index is -1.21. The van der Waals surface area contributed by atoms with Crippen LogP contribution < -0.4 is 19.1 Å². The molecule has 0 atom stereocenters. The van der Waals surface area contributed by atoms with Crippen LogP contribution in [-0.4, -0.2) is 49.7 Å². The standard InChI is InChI=1S/C17H18B2F2N2O5/c1-22(2)11-5-7-13(20)15(9-11)25-18-27-17(24)28-19-26-16-10-12(23(3)4)6-8-14(16)21/h5-10H,1-4H3. The molecule has 2 aromatic carbocycles. The molecule has 2 radical (unpaired) electrons. The van der Waals surface area contributed by atoms with Crippen LogP contribution in [0.5, 0.6) is 11.5 Å². The normalized spacial score (nSPS) is 9.93. The average Bonchev–Trinajstić information content (AvgIpc) is 2.64. The van der Waals surface area contributed by atoms with Crippen LogP contribution in [0.15, 0.2) is 36.4 Å². The SMILES string of the molecule is CN(C)c1ccc(F)c(O[B]OC(=O)O[B]Oc2cc(N(C)C)ccc2F)c1. The summed E-state index contributed by atoms with van der Waals surface area (Å²) >= 11 is 0. The predicted molar refractivity (Wildman–Crippen MR) is 102 cm³/mol. The highest BCUT2D eigenvalue weighted by atomic mass is 19.1. The largest absolute Gasteiger partial charge is 0.662 e. The summed E-state index contributed by atoms with van der Waals surface area (Å²) < 4.78 is 46.3. The summed E-state index contributed by atoms with van der Waals surface area (Å²) in [6, 6.07) is 8.41. The van der Waals surface area contributed by atoms with Gasteiger partial charge in [-0.15, -0.1) is 0 Å². The molecule has 0 unspecified atom stereocenters. The lowest BCUT2D eigenvalue weighted by atomic mass is 10.2. The second-order valence-corrected chi connectivity index (χ2v) is 5.93. The molecule has 0 fully saturated rings. The lowest BCUT2D eigenvalue weighted by molar-refractivity contribution is 0.144. The van der Waals surface area contributed by atoms with Crippen LogP contribution in [0, 0.1) is 11.6 Å². The highest BCUT2D eigenvalue weighted by Gasteiger charge is 2.15. The molecule has 0 bridgehead atoms. The van der Waals surface area contributed by atoms with Crippen molar-refractivity contribution in [2.75, 3.05) is 38.0 Å². The molecular formula is C17H18B2F2N2O5. The summed E-state index contributed by atoms with van der Waals surface area (Å²) in [5.74, 6) is -1.54. The van der Waals surface area contributed by atoms with E-state index in [2.05, 4.69) is 9.31 Å². The zero-order chi connectivity index (χ0) is 20.7. The summed E-state index contributed by atoms with van der Waals surface area (Å²) in [6.45, 7) is 0. The van der Waals surface area contributed by atoms with Gasteiger partial charge in [0.05, 0.1) is 0 Å². The Balaban J connectivity index is 1.78. The van der Waals surface area contributed by atoms with Gasteiger partial charge in [0, 0.05) is 51.7 Å². The van der Waals surface area contributed by atoms with E-state index in [9.17, 15) is 13.6 Å². The van der Waals surface area contributed by atoms with Crippen molar-refractivity contribution in [3.05, 3.63) is 48.0 Å². The van der Waals surface area contributed by atoms with Crippen molar-refractivity contribution in [3.8, 4) is 11.5 Å². The molecule has 0 spiro atoms. The predicted octanol–water partition coefficient (Wildman–Crippen LogP) is 2.78. The van der Waals surface area contributed by atoms with Gasteiger partial charge in [0.2, 0.25) is 0 Å². The highest BCUT2D eigenvalue weighted by Crippen LogP contribution is 2.24. The number of halogens is 2. The van der Waals surface area contributed by atoms with Crippen molar-refractivity contribution >= 4 is 32.9 Å². The van der Waals surface area contributed by atoms with Crippen molar-refractivity contribution in [1.29, 1.82) is 0 Å². The van der Waals surface area contributed by atoms with E-state index >= 15 is 0 Å². The van der Waals surface area contributed by atoms with E-state index in [4.69, 9.17) is 9.31 Å². The first-order chi connectivity index (χ1) is 13.3. The Hall–Kier alpha value is -3.10. The topological polar surface area (TPSA) is 60.5 Å². The zero-order valence-corrected chi connectivity index (χ0v) is 15.8. The molecule has 2 aromatic rings. The highest BCUT2D eigenvalue weighted by molar-refractivity contribution is 6.27. The van der Waals surface area contributed by atoms with Gasteiger partial charge in [0.1, 0.15) is 11.5 Å². The molecule has 0 aromatic heterocycles. The fourth-order valence-electron chi connectivity index (χ4n) is 1.98. The molecule has 0 heterocycles. The molecule has 0 N–H and O–H groups in total. The minimum absolute atomic E-state index is 0.137. The third-order valence-electron chi connectivity index (χ3n) is 3.50. The maximum atomic E-state index is 13.7. The Kier molecular flexibility index (Phi) is 7.36. The van der Waals surface area contributed by atoms with Crippen molar-refractivity contribution in [2.45, 2.75) is 0 Å². The fraction of sp³-hybridized carbons (Fsp3) is 0.235. The lowest BCUT2D eigenvalue weighted by Gasteiger charge is -2.15. The Morgan fingerprint density at radius 1 is 0.786 bits per heavy atom. The molecule has 0 amide bonds. The van der Waals surface area contributed by atoms with Gasteiger partial charge in [0.15, 0.2) is 11.6 Å². The number of carbonyl (C=O) groups excluding carboxylic acids is 1. The molecule has 0 saturated heterocycles. The molecule has 0 aliphatic heterocycles. The van der Waals surface area contributed by atoms with Gasteiger partial charge in [-0.2, -0.15) is 0 Å². The van der Waals surface area contributed by atoms with Crippen molar-refractivity contribution in [1.82, 2.24) is 0 Å². The first kappa shape index (κ1) is 21.2. The van der Waals surface area contributed by atoms with Crippen LogP contribution >= 0.6 is 0 Å². The van der Waals surface area contributed by atoms with Gasteiger partial charge >= 0.3 is 21.5 Å². The maximum Gasteiger partial charge on any atom is 0.662 e. The Morgan fingerprint density at radius 2 is 1.18 bits per heavy atom. The van der Waals surface area contributed by atoms with E-state index in [1.54, 1.807) is 50.1 Å². The molecule has 2 rings (SSSR count). The maximum absolute atomic E-state index is 13.7. The number of carbonyl (C=O) groups is 1. The van der Waals surface area contributed by atoms with Gasteiger partial charge < -0.3 is 28.4 Å². The van der Waals surface area contributed by atoms with Crippen LogP contribution in [0.2, 0.25) is 0 Å². The number of anilines is 2. The molecule has 0 aliphatic carbocycles. The lowest BCUT2D eigenvalue weighted by Crippen LogP contribution is -2.20. The monoisotopic (exact) mass is 390 g/mol. The second kappa shape index (κ2) is 9.72. The van der Waals surface area contributed by atoms with Crippen molar-refractivity contribution in [3.63, 3.8) is 0 Å². The molecule has 0 aliphatic rings. The zero-order valence-electron chi connectivity index (χ0n) is 15.8. The Labute approximate surface area is 163 Å². The smallest absolute Gasteiger partial charge is 0.524 e. The number of nitrogens with zero attached hydrogens (tertiary/aromatic N) is 2. The quantitative estimate of drug-likeness (QED) is 0.643. The second-order valence-electron chi connectivity index (χ2n) is 5.93. The average molecular weight is 390 g/mol. The molecule has 0 saturated carbocycles. The first-order valence-corrected chi connectivity index (χ1v) is 8.05. The fourth-order valence-corrected chi connectivity index (χ4v) is 1.98.